The average Bonchev–Trinajstić information content (AvgIpc) is 3.24. The molecule has 3 aromatic rings. The molecule has 0 radical (unpaired) electrons. The fourth-order valence-corrected chi connectivity index (χ4v) is 3.35. The van der Waals surface area contributed by atoms with E-state index in [-0.39, 0.29) is 11.7 Å². The van der Waals surface area contributed by atoms with Gasteiger partial charge < -0.3 is 4.52 Å². The van der Waals surface area contributed by atoms with Crippen molar-refractivity contribution in [1.29, 1.82) is 0 Å². The number of hydrogen-bond acceptors (Lipinski definition) is 4. The van der Waals surface area contributed by atoms with Crippen LogP contribution < -0.4 is 0 Å². The van der Waals surface area contributed by atoms with Gasteiger partial charge in [-0.3, -0.25) is 4.98 Å². The molecule has 2 aromatic heterocycles. The Balaban J connectivity index is 1.81. The Morgan fingerprint density at radius 3 is 2.65 bits per heavy atom. The molecule has 1 aromatic carbocycles. The van der Waals surface area contributed by atoms with Crippen LogP contribution in [0, 0.1) is 0 Å². The fraction of sp³-hybridized carbons (Fsp3) is 0.353. The Hall–Kier alpha value is -2.37. The number of benzene rings is 1. The number of pyridine rings is 1. The van der Waals surface area contributed by atoms with E-state index in [0.717, 1.165) is 23.6 Å². The van der Waals surface area contributed by atoms with Gasteiger partial charge in [0.05, 0.1) is 0 Å². The van der Waals surface area contributed by atoms with Crippen LogP contribution in [0.4, 0.5) is 8.78 Å². The monoisotopic (exact) mass is 315 g/mol. The lowest BCUT2D eigenvalue weighted by Crippen LogP contribution is -2.31. The fourth-order valence-electron chi connectivity index (χ4n) is 3.35. The summed E-state index contributed by atoms with van der Waals surface area (Å²) in [6.07, 6.45) is 1.44. The van der Waals surface area contributed by atoms with E-state index in [1.807, 2.05) is 30.3 Å². The van der Waals surface area contributed by atoms with E-state index in [4.69, 9.17) is 4.52 Å². The summed E-state index contributed by atoms with van der Waals surface area (Å²) >= 11 is 0. The molecule has 2 heterocycles. The van der Waals surface area contributed by atoms with Crippen molar-refractivity contribution < 1.29 is 13.3 Å². The van der Waals surface area contributed by atoms with Crippen LogP contribution in [0.15, 0.2) is 41.1 Å². The molecule has 1 aliphatic carbocycles. The van der Waals surface area contributed by atoms with Gasteiger partial charge in [0.2, 0.25) is 11.7 Å². The van der Waals surface area contributed by atoms with Crippen LogP contribution in [0.2, 0.25) is 0 Å². The molecule has 1 saturated carbocycles. The van der Waals surface area contributed by atoms with Gasteiger partial charge in [-0.1, -0.05) is 42.3 Å². The molecule has 0 unspecified atom stereocenters. The second-order valence-corrected chi connectivity index (χ2v) is 5.97. The molecule has 1 fully saturated rings. The predicted molar refractivity (Wildman–Crippen MR) is 81.2 cm³/mol. The Bertz CT molecular complexity index is 835. The first-order valence-electron chi connectivity index (χ1n) is 7.67. The average molecular weight is 315 g/mol. The van der Waals surface area contributed by atoms with Crippen molar-refractivity contribution in [2.75, 3.05) is 0 Å². The van der Waals surface area contributed by atoms with Crippen LogP contribution >= 0.6 is 0 Å². The van der Waals surface area contributed by atoms with Crippen molar-refractivity contribution in [3.63, 3.8) is 0 Å². The summed E-state index contributed by atoms with van der Waals surface area (Å²) < 4.78 is 32.4. The van der Waals surface area contributed by atoms with Gasteiger partial charge in [-0.15, -0.1) is 0 Å². The third-order valence-electron chi connectivity index (χ3n) is 4.65. The lowest BCUT2D eigenvalue weighted by Gasteiger charge is -2.22. The number of fused-ring (bicyclic) bond motifs is 1. The highest BCUT2D eigenvalue weighted by molar-refractivity contribution is 5.92. The molecule has 6 heteroatoms. The lowest BCUT2D eigenvalue weighted by molar-refractivity contribution is 0.0328. The highest BCUT2D eigenvalue weighted by Crippen LogP contribution is 2.45. The zero-order chi connectivity index (χ0) is 15.9. The van der Waals surface area contributed by atoms with Gasteiger partial charge >= 0.3 is 0 Å². The summed E-state index contributed by atoms with van der Waals surface area (Å²) in [5.41, 5.74) is -0.740. The summed E-state index contributed by atoms with van der Waals surface area (Å²) in [5.74, 6) is 0.304. The van der Waals surface area contributed by atoms with Gasteiger partial charge in [-0.05, 0) is 24.3 Å². The summed E-state index contributed by atoms with van der Waals surface area (Å²) in [6, 6.07) is 9.58. The van der Waals surface area contributed by atoms with E-state index >= 15 is 0 Å². The van der Waals surface area contributed by atoms with E-state index in [1.165, 1.54) is 0 Å². The Morgan fingerprint density at radius 1 is 1.09 bits per heavy atom. The molecule has 4 rings (SSSR count). The number of rotatable bonds is 3. The van der Waals surface area contributed by atoms with Crippen molar-refractivity contribution in [3.8, 4) is 11.5 Å². The number of hydrogen-bond donors (Lipinski definition) is 0. The Morgan fingerprint density at radius 2 is 1.87 bits per heavy atom. The summed E-state index contributed by atoms with van der Waals surface area (Å²) in [6.45, 7) is 0. The van der Waals surface area contributed by atoms with Crippen LogP contribution in [-0.2, 0) is 5.41 Å². The summed E-state index contributed by atoms with van der Waals surface area (Å²) in [7, 11) is 0. The van der Waals surface area contributed by atoms with Crippen LogP contribution in [0.5, 0.6) is 0 Å². The quantitative estimate of drug-likeness (QED) is 0.720. The molecule has 0 spiro atoms. The van der Waals surface area contributed by atoms with Crippen LogP contribution in [-0.4, -0.2) is 21.6 Å². The van der Waals surface area contributed by atoms with Gasteiger partial charge in [0.15, 0.2) is 0 Å². The first kappa shape index (κ1) is 14.2. The van der Waals surface area contributed by atoms with Gasteiger partial charge in [0.1, 0.15) is 11.1 Å². The van der Waals surface area contributed by atoms with Crippen LogP contribution in [0.3, 0.4) is 0 Å². The Kier molecular flexibility index (Phi) is 3.32. The largest absolute Gasteiger partial charge is 0.338 e. The minimum absolute atomic E-state index is 0.0368. The minimum Gasteiger partial charge on any atom is -0.338 e. The number of halogens is 2. The van der Waals surface area contributed by atoms with Crippen LogP contribution in [0.25, 0.3) is 22.3 Å². The smallest absolute Gasteiger partial charge is 0.252 e. The molecule has 0 atom stereocenters. The molecule has 0 amide bonds. The highest BCUT2D eigenvalue weighted by atomic mass is 19.3. The van der Waals surface area contributed by atoms with Gasteiger partial charge in [-0.2, -0.15) is 4.98 Å². The molecule has 0 N–H and O–H groups in total. The first-order chi connectivity index (χ1) is 11.2. The predicted octanol–water partition coefficient (Wildman–Crippen LogP) is 4.36. The Labute approximate surface area is 131 Å². The second kappa shape index (κ2) is 5.37. The minimum atomic E-state index is -2.50. The van der Waals surface area contributed by atoms with Crippen molar-refractivity contribution in [2.45, 2.75) is 37.5 Å². The first-order valence-corrected chi connectivity index (χ1v) is 7.67. The third-order valence-corrected chi connectivity index (χ3v) is 4.65. The number of alkyl halides is 2. The molecule has 1 aliphatic rings. The molecule has 0 bridgehead atoms. The topological polar surface area (TPSA) is 51.8 Å². The molecule has 118 valence electrons. The van der Waals surface area contributed by atoms with Gasteiger partial charge in [0.25, 0.3) is 6.43 Å². The van der Waals surface area contributed by atoms with Gasteiger partial charge in [0, 0.05) is 11.6 Å². The second-order valence-electron chi connectivity index (χ2n) is 5.97. The molecule has 23 heavy (non-hydrogen) atoms. The maximum atomic E-state index is 13.6. The molecular formula is C17H15F2N3O. The van der Waals surface area contributed by atoms with E-state index < -0.39 is 11.8 Å². The summed E-state index contributed by atoms with van der Waals surface area (Å²) in [4.78, 5) is 8.60. The zero-order valence-electron chi connectivity index (χ0n) is 12.4. The van der Waals surface area contributed by atoms with E-state index in [1.54, 1.807) is 6.20 Å². The standard InChI is InChI=1S/C17H15F2N3O/c18-15(19)17(8-3-4-9-17)16-21-14(22-23-16)13-12-6-2-1-5-11(12)7-10-20-13/h1-2,5-7,10,15H,3-4,8-9H2. The van der Waals surface area contributed by atoms with E-state index in [0.29, 0.717) is 18.5 Å². The van der Waals surface area contributed by atoms with Crippen molar-refractivity contribution >= 4 is 10.8 Å². The third kappa shape index (κ3) is 2.20. The van der Waals surface area contributed by atoms with Gasteiger partial charge in [-0.25, -0.2) is 8.78 Å². The maximum Gasteiger partial charge on any atom is 0.252 e. The number of aromatic nitrogens is 3. The SMILES string of the molecule is FC(F)C1(c2nc(-c3nccc4ccccc34)no2)CCCC1. The molecular weight excluding hydrogens is 300 g/mol. The maximum absolute atomic E-state index is 13.6. The zero-order valence-corrected chi connectivity index (χ0v) is 12.4. The molecule has 0 aliphatic heterocycles. The van der Waals surface area contributed by atoms with Crippen molar-refractivity contribution in [3.05, 3.63) is 42.4 Å². The molecule has 0 saturated heterocycles. The normalized spacial score (nSPS) is 17.2. The van der Waals surface area contributed by atoms with Crippen molar-refractivity contribution in [2.24, 2.45) is 0 Å². The molecule has 4 nitrogen and oxygen atoms in total. The lowest BCUT2D eigenvalue weighted by atomic mass is 9.86. The summed E-state index contributed by atoms with van der Waals surface area (Å²) in [5, 5.41) is 5.80. The highest BCUT2D eigenvalue weighted by Gasteiger charge is 2.48. The number of nitrogens with zero attached hydrogens (tertiary/aromatic N) is 3. The van der Waals surface area contributed by atoms with Crippen LogP contribution in [0.1, 0.15) is 31.6 Å². The van der Waals surface area contributed by atoms with Crippen molar-refractivity contribution in [1.82, 2.24) is 15.1 Å². The van der Waals surface area contributed by atoms with E-state index in [9.17, 15) is 8.78 Å². The van der Waals surface area contributed by atoms with E-state index in [2.05, 4.69) is 15.1 Å².